The van der Waals surface area contributed by atoms with Gasteiger partial charge in [-0.1, -0.05) is 18.5 Å². The molecule has 2 aromatic heterocycles. The highest BCUT2D eigenvalue weighted by molar-refractivity contribution is 6.30. The van der Waals surface area contributed by atoms with Crippen LogP contribution in [-0.4, -0.2) is 37.7 Å². The minimum absolute atomic E-state index is 0.495. The summed E-state index contributed by atoms with van der Waals surface area (Å²) >= 11 is 6.40. The molecule has 1 aliphatic rings. The highest BCUT2D eigenvalue weighted by Crippen LogP contribution is 2.28. The van der Waals surface area contributed by atoms with Crippen molar-refractivity contribution < 1.29 is 0 Å². The largest absolute Gasteiger partial charge is 0.348 e. The minimum Gasteiger partial charge on any atom is -0.348 e. The highest BCUT2D eigenvalue weighted by Gasteiger charge is 2.25. The fourth-order valence-electron chi connectivity index (χ4n) is 3.19. The van der Waals surface area contributed by atoms with E-state index in [1.807, 2.05) is 19.4 Å². The Kier molecular flexibility index (Phi) is 4.31. The maximum atomic E-state index is 6.40. The number of aromatic amines is 1. The van der Waals surface area contributed by atoms with Crippen LogP contribution in [0.2, 0.25) is 5.15 Å². The van der Waals surface area contributed by atoms with Gasteiger partial charge in [0.15, 0.2) is 0 Å². The molecule has 1 aliphatic heterocycles. The van der Waals surface area contributed by atoms with Crippen molar-refractivity contribution in [2.24, 2.45) is 7.05 Å². The van der Waals surface area contributed by atoms with Crippen LogP contribution in [0.4, 0.5) is 0 Å². The van der Waals surface area contributed by atoms with E-state index in [9.17, 15) is 0 Å². The Balaban J connectivity index is 1.73. The summed E-state index contributed by atoms with van der Waals surface area (Å²) in [5.74, 6) is 1.60. The van der Waals surface area contributed by atoms with Crippen molar-refractivity contribution in [3.63, 3.8) is 0 Å². The molecular formula is C15H22ClN5. The Labute approximate surface area is 130 Å². The fraction of sp³-hybridized carbons (Fsp3) is 0.600. The van der Waals surface area contributed by atoms with E-state index >= 15 is 0 Å². The topological polar surface area (TPSA) is 49.7 Å². The van der Waals surface area contributed by atoms with Crippen molar-refractivity contribution in [3.8, 4) is 0 Å². The van der Waals surface area contributed by atoms with Crippen LogP contribution in [0.25, 0.3) is 0 Å². The predicted molar refractivity (Wildman–Crippen MR) is 83.4 cm³/mol. The number of imidazole rings is 1. The molecule has 0 aliphatic carbocycles. The number of hydrogen-bond acceptors (Lipinski definition) is 3. The Morgan fingerprint density at radius 1 is 1.48 bits per heavy atom. The van der Waals surface area contributed by atoms with Crippen LogP contribution >= 0.6 is 11.6 Å². The van der Waals surface area contributed by atoms with E-state index in [1.54, 1.807) is 4.68 Å². The van der Waals surface area contributed by atoms with Gasteiger partial charge in [0.25, 0.3) is 0 Å². The van der Waals surface area contributed by atoms with E-state index in [2.05, 4.69) is 26.9 Å². The quantitative estimate of drug-likeness (QED) is 0.945. The first-order valence-electron chi connectivity index (χ1n) is 7.61. The molecule has 6 heteroatoms. The van der Waals surface area contributed by atoms with Crippen molar-refractivity contribution in [2.45, 2.75) is 38.6 Å². The molecule has 3 rings (SSSR count). The zero-order valence-electron chi connectivity index (χ0n) is 12.6. The molecule has 0 bridgehead atoms. The lowest BCUT2D eigenvalue weighted by atomic mass is 9.97. The van der Waals surface area contributed by atoms with Crippen LogP contribution in [-0.2, 0) is 20.0 Å². The van der Waals surface area contributed by atoms with Gasteiger partial charge in [0.1, 0.15) is 11.0 Å². The molecule has 3 heterocycles. The number of hydrogen-bond donors (Lipinski definition) is 1. The number of likely N-dealkylation sites (tertiary alicyclic amines) is 1. The molecular weight excluding hydrogens is 286 g/mol. The molecule has 1 fully saturated rings. The predicted octanol–water partition coefficient (Wildman–Crippen LogP) is 2.74. The number of nitrogens with zero attached hydrogens (tertiary/aromatic N) is 4. The van der Waals surface area contributed by atoms with E-state index < -0.39 is 0 Å². The second-order valence-electron chi connectivity index (χ2n) is 5.74. The molecule has 5 nitrogen and oxygen atoms in total. The summed E-state index contributed by atoms with van der Waals surface area (Å²) in [6.07, 6.45) is 7.06. The maximum Gasteiger partial charge on any atom is 0.131 e. The lowest BCUT2D eigenvalue weighted by Gasteiger charge is -2.31. The van der Waals surface area contributed by atoms with Gasteiger partial charge in [0.2, 0.25) is 0 Å². The Morgan fingerprint density at radius 3 is 3.05 bits per heavy atom. The van der Waals surface area contributed by atoms with Gasteiger partial charge in [-0.15, -0.1) is 0 Å². The van der Waals surface area contributed by atoms with Crippen LogP contribution in [0.15, 0.2) is 12.4 Å². The first-order chi connectivity index (χ1) is 10.2. The van der Waals surface area contributed by atoms with E-state index in [1.165, 1.54) is 18.4 Å². The van der Waals surface area contributed by atoms with Crippen molar-refractivity contribution in [1.82, 2.24) is 24.6 Å². The van der Waals surface area contributed by atoms with Crippen LogP contribution in [0, 0.1) is 0 Å². The van der Waals surface area contributed by atoms with E-state index in [0.29, 0.717) is 5.92 Å². The SMILES string of the molecule is CCc1nn(C)c(Cl)c1CN1CCC[C@@H](c2ncc[nH]2)C1. The number of aryl methyl sites for hydroxylation is 2. The third-order valence-corrected chi connectivity index (χ3v) is 4.75. The molecule has 0 unspecified atom stereocenters. The molecule has 1 N–H and O–H groups in total. The van der Waals surface area contributed by atoms with Gasteiger partial charge in [-0.2, -0.15) is 5.10 Å². The molecule has 0 amide bonds. The second-order valence-corrected chi connectivity index (χ2v) is 6.10. The van der Waals surface area contributed by atoms with Gasteiger partial charge in [0, 0.05) is 44.0 Å². The van der Waals surface area contributed by atoms with Crippen molar-refractivity contribution >= 4 is 11.6 Å². The first kappa shape index (κ1) is 14.6. The smallest absolute Gasteiger partial charge is 0.131 e. The van der Waals surface area contributed by atoms with E-state index in [-0.39, 0.29) is 0 Å². The molecule has 1 atom stereocenters. The lowest BCUT2D eigenvalue weighted by molar-refractivity contribution is 0.196. The van der Waals surface area contributed by atoms with E-state index in [0.717, 1.165) is 42.7 Å². The molecule has 0 radical (unpaired) electrons. The second kappa shape index (κ2) is 6.20. The number of halogens is 1. The van der Waals surface area contributed by atoms with Crippen molar-refractivity contribution in [3.05, 3.63) is 34.6 Å². The summed E-state index contributed by atoms with van der Waals surface area (Å²) in [7, 11) is 1.91. The highest BCUT2D eigenvalue weighted by atomic mass is 35.5. The standard InChI is InChI=1S/C15H22ClN5/c1-3-13-12(14(16)20(2)19-13)10-21-8-4-5-11(9-21)15-17-6-7-18-15/h6-7,11H,3-5,8-10H2,1-2H3,(H,17,18)/t11-/m1/s1. The van der Waals surface area contributed by atoms with Gasteiger partial charge in [-0.05, 0) is 25.8 Å². The molecule has 2 aromatic rings. The number of H-pyrrole nitrogens is 1. The number of aromatic nitrogens is 4. The van der Waals surface area contributed by atoms with Crippen molar-refractivity contribution in [2.75, 3.05) is 13.1 Å². The Hall–Kier alpha value is -1.33. The van der Waals surface area contributed by atoms with Gasteiger partial charge in [0.05, 0.1) is 5.69 Å². The van der Waals surface area contributed by atoms with Crippen LogP contribution < -0.4 is 0 Å². The average Bonchev–Trinajstić information content (AvgIpc) is 3.12. The number of rotatable bonds is 4. The summed E-state index contributed by atoms with van der Waals surface area (Å²) < 4.78 is 1.78. The zero-order chi connectivity index (χ0) is 14.8. The fourth-order valence-corrected chi connectivity index (χ4v) is 3.39. The lowest BCUT2D eigenvalue weighted by Crippen LogP contribution is -2.34. The molecule has 21 heavy (non-hydrogen) atoms. The average molecular weight is 308 g/mol. The summed E-state index contributed by atoms with van der Waals surface area (Å²) in [6, 6.07) is 0. The summed E-state index contributed by atoms with van der Waals surface area (Å²) in [4.78, 5) is 10.1. The Morgan fingerprint density at radius 2 is 2.33 bits per heavy atom. The normalized spacial score (nSPS) is 20.0. The van der Waals surface area contributed by atoms with Gasteiger partial charge >= 0.3 is 0 Å². The van der Waals surface area contributed by atoms with Gasteiger partial charge in [-0.3, -0.25) is 9.58 Å². The summed E-state index contributed by atoms with van der Waals surface area (Å²) in [5, 5.41) is 5.27. The minimum atomic E-state index is 0.495. The van der Waals surface area contributed by atoms with Gasteiger partial charge in [-0.25, -0.2) is 4.98 Å². The maximum absolute atomic E-state index is 6.40. The molecule has 114 valence electrons. The van der Waals surface area contributed by atoms with Crippen molar-refractivity contribution in [1.29, 1.82) is 0 Å². The molecule has 0 spiro atoms. The van der Waals surface area contributed by atoms with Crippen LogP contribution in [0.3, 0.4) is 0 Å². The van der Waals surface area contributed by atoms with Crippen LogP contribution in [0.5, 0.6) is 0 Å². The summed E-state index contributed by atoms with van der Waals surface area (Å²) in [5.41, 5.74) is 2.30. The third kappa shape index (κ3) is 2.99. The molecule has 0 aromatic carbocycles. The number of piperidine rings is 1. The Bertz CT molecular complexity index is 589. The first-order valence-corrected chi connectivity index (χ1v) is 7.98. The third-order valence-electron chi connectivity index (χ3n) is 4.28. The van der Waals surface area contributed by atoms with Gasteiger partial charge < -0.3 is 4.98 Å². The summed E-state index contributed by atoms with van der Waals surface area (Å²) in [6.45, 7) is 5.16. The molecule has 0 saturated carbocycles. The monoisotopic (exact) mass is 307 g/mol. The molecule has 1 saturated heterocycles. The zero-order valence-corrected chi connectivity index (χ0v) is 13.4. The van der Waals surface area contributed by atoms with Crippen LogP contribution in [0.1, 0.15) is 42.8 Å². The number of nitrogens with one attached hydrogen (secondary N) is 1. The van der Waals surface area contributed by atoms with E-state index in [4.69, 9.17) is 11.6 Å².